The molecule has 2 amide bonds. The molecule has 2 saturated heterocycles. The van der Waals surface area contributed by atoms with Crippen LogP contribution in [-0.4, -0.2) is 52.2 Å². The molecule has 2 N–H and O–H groups in total. The molecule has 0 radical (unpaired) electrons. The van der Waals surface area contributed by atoms with Gasteiger partial charge in [-0.15, -0.1) is 0 Å². The number of aromatic amines is 1. The molecule has 4 rings (SSSR count). The van der Waals surface area contributed by atoms with Crippen molar-refractivity contribution in [3.8, 4) is 0 Å². The zero-order chi connectivity index (χ0) is 19.9. The summed E-state index contributed by atoms with van der Waals surface area (Å²) >= 11 is 0. The van der Waals surface area contributed by atoms with Crippen molar-refractivity contribution >= 4 is 6.03 Å². The summed E-state index contributed by atoms with van der Waals surface area (Å²) in [4.78, 5) is 17.1. The molecule has 1 atom stereocenters. The number of nitrogens with zero attached hydrogens (tertiary/aromatic N) is 3. The van der Waals surface area contributed by atoms with Gasteiger partial charge in [0.1, 0.15) is 0 Å². The molecule has 1 aromatic carbocycles. The summed E-state index contributed by atoms with van der Waals surface area (Å²) < 4.78 is 0. The average Bonchev–Trinajstić information content (AvgIpc) is 3.19. The molecule has 1 aromatic heterocycles. The minimum atomic E-state index is 0.0304. The Morgan fingerprint density at radius 1 is 1.00 bits per heavy atom. The third-order valence-electron chi connectivity index (χ3n) is 6.24. The third kappa shape index (κ3) is 5.60. The second kappa shape index (κ2) is 9.92. The monoisotopic (exact) mass is 395 g/mol. The highest BCUT2D eigenvalue weighted by Gasteiger charge is 2.25. The van der Waals surface area contributed by atoms with E-state index in [-0.39, 0.29) is 6.03 Å². The fraction of sp³-hybridized carbons (Fsp3) is 0.565. The molecule has 2 fully saturated rings. The first kappa shape index (κ1) is 20.0. The number of rotatable bonds is 5. The van der Waals surface area contributed by atoms with Crippen molar-refractivity contribution in [3.63, 3.8) is 0 Å². The number of H-pyrrole nitrogens is 1. The van der Waals surface area contributed by atoms with Crippen LogP contribution in [0.25, 0.3) is 0 Å². The van der Waals surface area contributed by atoms with Gasteiger partial charge in [0.2, 0.25) is 0 Å². The smallest absolute Gasteiger partial charge is 0.317 e. The Labute approximate surface area is 173 Å². The van der Waals surface area contributed by atoms with E-state index in [9.17, 15) is 4.79 Å². The first-order valence-corrected chi connectivity index (χ1v) is 11.1. The van der Waals surface area contributed by atoms with E-state index in [0.29, 0.717) is 12.5 Å². The van der Waals surface area contributed by atoms with Gasteiger partial charge in [0.05, 0.1) is 0 Å². The lowest BCUT2D eigenvalue weighted by molar-refractivity contribution is 0.178. The van der Waals surface area contributed by atoms with Crippen molar-refractivity contribution in [1.82, 2.24) is 25.3 Å². The first-order chi connectivity index (χ1) is 14.3. The van der Waals surface area contributed by atoms with E-state index in [0.717, 1.165) is 43.7 Å². The van der Waals surface area contributed by atoms with Crippen LogP contribution in [-0.2, 0) is 13.1 Å². The molecule has 0 spiro atoms. The van der Waals surface area contributed by atoms with Crippen molar-refractivity contribution in [1.29, 1.82) is 0 Å². The Morgan fingerprint density at radius 3 is 2.48 bits per heavy atom. The number of hydrogen-bond acceptors (Lipinski definition) is 3. The predicted octanol–water partition coefficient (Wildman–Crippen LogP) is 3.87. The number of amides is 2. The Kier molecular flexibility index (Phi) is 6.83. The fourth-order valence-electron chi connectivity index (χ4n) is 4.51. The van der Waals surface area contributed by atoms with Gasteiger partial charge in [-0.25, -0.2) is 4.79 Å². The number of carbonyl (C=O) groups is 1. The van der Waals surface area contributed by atoms with E-state index >= 15 is 0 Å². The second-order valence-electron chi connectivity index (χ2n) is 8.46. The van der Waals surface area contributed by atoms with Gasteiger partial charge in [0, 0.05) is 44.0 Å². The minimum absolute atomic E-state index is 0.0304. The first-order valence-electron chi connectivity index (χ1n) is 11.1. The average molecular weight is 396 g/mol. The second-order valence-corrected chi connectivity index (χ2v) is 8.46. The molecule has 2 aliphatic heterocycles. The quantitative estimate of drug-likeness (QED) is 0.808. The summed E-state index contributed by atoms with van der Waals surface area (Å²) in [5, 5.41) is 10.2. The molecule has 0 aliphatic carbocycles. The van der Waals surface area contributed by atoms with E-state index in [1.165, 1.54) is 44.3 Å². The predicted molar refractivity (Wildman–Crippen MR) is 115 cm³/mol. The van der Waals surface area contributed by atoms with Gasteiger partial charge in [-0.1, -0.05) is 37.1 Å². The lowest BCUT2D eigenvalue weighted by atomic mass is 9.95. The van der Waals surface area contributed by atoms with Gasteiger partial charge in [0.25, 0.3) is 0 Å². The number of carbonyl (C=O) groups excluding carboxylic acids is 1. The van der Waals surface area contributed by atoms with Gasteiger partial charge in [0.15, 0.2) is 0 Å². The van der Waals surface area contributed by atoms with Gasteiger partial charge < -0.3 is 10.2 Å². The molecular weight excluding hydrogens is 362 g/mol. The van der Waals surface area contributed by atoms with Crippen LogP contribution in [0.1, 0.15) is 61.3 Å². The molecule has 6 nitrogen and oxygen atoms in total. The summed E-state index contributed by atoms with van der Waals surface area (Å²) in [5.74, 6) is 0.357. The van der Waals surface area contributed by atoms with E-state index in [1.54, 1.807) is 6.20 Å². The van der Waals surface area contributed by atoms with E-state index < -0.39 is 0 Å². The van der Waals surface area contributed by atoms with Crippen LogP contribution in [0.15, 0.2) is 36.5 Å². The maximum atomic E-state index is 12.6. The molecule has 0 bridgehead atoms. The Bertz CT molecular complexity index is 750. The standard InChI is InChI=1S/C23H33N5O/c29-23(28-15-5-6-21(18-28)22-11-12-25-26-22)24-16-19-7-9-20(10-8-19)17-27-13-3-1-2-4-14-27/h7-12,21H,1-6,13-18H2,(H,24,29)(H,25,26). The molecular formula is C23H33N5O. The zero-order valence-electron chi connectivity index (χ0n) is 17.3. The Balaban J connectivity index is 1.24. The molecule has 2 aliphatic rings. The SMILES string of the molecule is O=C(NCc1ccc(CN2CCCCCC2)cc1)N1CCCC(c2ccn[nH]2)C1. The summed E-state index contributed by atoms with van der Waals surface area (Å²) in [5.41, 5.74) is 3.64. The number of urea groups is 1. The summed E-state index contributed by atoms with van der Waals surface area (Å²) in [6, 6.07) is 10.8. The number of piperidine rings is 1. The molecule has 156 valence electrons. The van der Waals surface area contributed by atoms with Crippen molar-refractivity contribution in [2.75, 3.05) is 26.2 Å². The number of likely N-dealkylation sites (tertiary alicyclic amines) is 2. The molecule has 2 aromatic rings. The molecule has 1 unspecified atom stereocenters. The van der Waals surface area contributed by atoms with Crippen molar-refractivity contribution in [2.24, 2.45) is 0 Å². The molecule has 3 heterocycles. The van der Waals surface area contributed by atoms with E-state index in [1.807, 2.05) is 11.0 Å². The number of aromatic nitrogens is 2. The van der Waals surface area contributed by atoms with Crippen LogP contribution in [0.4, 0.5) is 4.79 Å². The number of benzene rings is 1. The van der Waals surface area contributed by atoms with Crippen molar-refractivity contribution in [3.05, 3.63) is 53.3 Å². The van der Waals surface area contributed by atoms with Gasteiger partial charge in [-0.2, -0.15) is 5.10 Å². The molecule has 0 saturated carbocycles. The van der Waals surface area contributed by atoms with Crippen LogP contribution in [0.5, 0.6) is 0 Å². The van der Waals surface area contributed by atoms with Crippen LogP contribution in [0.2, 0.25) is 0 Å². The van der Waals surface area contributed by atoms with Gasteiger partial charge in [-0.3, -0.25) is 10.00 Å². The molecule has 6 heteroatoms. The maximum Gasteiger partial charge on any atom is 0.317 e. The molecule has 29 heavy (non-hydrogen) atoms. The highest BCUT2D eigenvalue weighted by molar-refractivity contribution is 5.74. The van der Waals surface area contributed by atoms with Crippen LogP contribution in [0.3, 0.4) is 0 Å². The topological polar surface area (TPSA) is 64.3 Å². The van der Waals surface area contributed by atoms with Crippen molar-refractivity contribution < 1.29 is 4.79 Å². The van der Waals surface area contributed by atoms with Crippen LogP contribution >= 0.6 is 0 Å². The fourth-order valence-corrected chi connectivity index (χ4v) is 4.51. The summed E-state index contributed by atoms with van der Waals surface area (Å²) in [6.07, 6.45) is 9.30. The number of hydrogen-bond donors (Lipinski definition) is 2. The van der Waals surface area contributed by atoms with Gasteiger partial charge in [-0.05, 0) is 56.0 Å². The normalized spacial score (nSPS) is 21.0. The lowest BCUT2D eigenvalue weighted by Crippen LogP contribution is -2.44. The number of nitrogens with one attached hydrogen (secondary N) is 2. The largest absolute Gasteiger partial charge is 0.334 e. The maximum absolute atomic E-state index is 12.6. The highest BCUT2D eigenvalue weighted by atomic mass is 16.2. The van der Waals surface area contributed by atoms with E-state index in [4.69, 9.17) is 0 Å². The summed E-state index contributed by atoms with van der Waals surface area (Å²) in [6.45, 7) is 5.62. The van der Waals surface area contributed by atoms with Crippen LogP contribution in [0, 0.1) is 0 Å². The van der Waals surface area contributed by atoms with Crippen molar-refractivity contribution in [2.45, 2.75) is 57.5 Å². The minimum Gasteiger partial charge on any atom is -0.334 e. The zero-order valence-corrected chi connectivity index (χ0v) is 17.3. The van der Waals surface area contributed by atoms with Crippen LogP contribution < -0.4 is 5.32 Å². The highest BCUT2D eigenvalue weighted by Crippen LogP contribution is 2.25. The van der Waals surface area contributed by atoms with Gasteiger partial charge >= 0.3 is 6.03 Å². The summed E-state index contributed by atoms with van der Waals surface area (Å²) in [7, 11) is 0. The Hall–Kier alpha value is -2.34. The third-order valence-corrected chi connectivity index (χ3v) is 6.24. The van der Waals surface area contributed by atoms with E-state index in [2.05, 4.69) is 44.7 Å². The Morgan fingerprint density at radius 2 is 1.76 bits per heavy atom. The lowest BCUT2D eigenvalue weighted by Gasteiger charge is -2.32.